The lowest BCUT2D eigenvalue weighted by atomic mass is 10.2. The first-order chi connectivity index (χ1) is 10.1. The third-order valence-electron chi connectivity index (χ3n) is 2.99. The Morgan fingerprint density at radius 3 is 2.32 bits per heavy atom. The molecule has 0 saturated heterocycles. The topological polar surface area (TPSA) is 89.7 Å². The third-order valence-corrected chi connectivity index (χ3v) is 2.99. The van der Waals surface area contributed by atoms with Crippen molar-refractivity contribution in [3.63, 3.8) is 0 Å². The van der Waals surface area contributed by atoms with Crippen molar-refractivity contribution in [3.05, 3.63) is 23.9 Å². The number of rotatable bonds is 5. The fraction of sp³-hybridized carbons (Fsp3) is 0.286. The second kappa shape index (κ2) is 7.56. The molecule has 2 N–H and O–H groups in total. The van der Waals surface area contributed by atoms with E-state index >= 15 is 0 Å². The van der Waals surface area contributed by atoms with Crippen LogP contribution in [0, 0.1) is 0 Å². The molecule has 2 aromatic rings. The first-order valence-electron chi connectivity index (χ1n) is 6.18. The molecule has 0 aliphatic carbocycles. The number of ether oxygens (including phenoxy) is 3. The standard InChI is InChI=1S/C14H16N2O5.ClH/c1-19-11-5-8-4-10(14(18)15-7-13(17)21-3)16-9(8)6-12(11)20-2;/h4-6,16H,7H2,1-3H3,(H,15,18);1H. The molecule has 1 aromatic carbocycles. The van der Waals surface area contributed by atoms with Gasteiger partial charge in [0.25, 0.3) is 5.91 Å². The minimum absolute atomic E-state index is 0. The van der Waals surface area contributed by atoms with E-state index in [2.05, 4.69) is 15.0 Å². The summed E-state index contributed by atoms with van der Waals surface area (Å²) in [6.45, 7) is -0.183. The second-order valence-corrected chi connectivity index (χ2v) is 4.24. The SMILES string of the molecule is COC(=O)CNC(=O)c1cc2cc(OC)c(OC)cc2[nH]1.Cl. The Kier molecular flexibility index (Phi) is 6.06. The van der Waals surface area contributed by atoms with Gasteiger partial charge in [0, 0.05) is 17.0 Å². The van der Waals surface area contributed by atoms with Gasteiger partial charge in [0.1, 0.15) is 12.2 Å². The van der Waals surface area contributed by atoms with Crippen LogP contribution in [0.15, 0.2) is 18.2 Å². The van der Waals surface area contributed by atoms with E-state index in [4.69, 9.17) is 9.47 Å². The Morgan fingerprint density at radius 1 is 1.09 bits per heavy atom. The van der Waals surface area contributed by atoms with Crippen LogP contribution < -0.4 is 14.8 Å². The Hall–Kier alpha value is -2.41. The predicted molar refractivity (Wildman–Crippen MR) is 83.0 cm³/mol. The van der Waals surface area contributed by atoms with Gasteiger partial charge in [-0.3, -0.25) is 9.59 Å². The van der Waals surface area contributed by atoms with E-state index in [1.54, 1.807) is 25.3 Å². The zero-order chi connectivity index (χ0) is 15.4. The largest absolute Gasteiger partial charge is 0.493 e. The number of nitrogens with one attached hydrogen (secondary N) is 2. The number of carbonyl (C=O) groups is 2. The molecule has 1 aromatic heterocycles. The molecule has 2 rings (SSSR count). The van der Waals surface area contributed by atoms with Crippen LogP contribution in [0.4, 0.5) is 0 Å². The highest BCUT2D eigenvalue weighted by atomic mass is 35.5. The number of aromatic nitrogens is 1. The number of esters is 1. The highest BCUT2D eigenvalue weighted by Crippen LogP contribution is 2.32. The molecular formula is C14H17ClN2O5. The Morgan fingerprint density at radius 2 is 1.73 bits per heavy atom. The number of amides is 1. The Labute approximate surface area is 133 Å². The average molecular weight is 329 g/mol. The molecule has 0 fully saturated rings. The lowest BCUT2D eigenvalue weighted by Crippen LogP contribution is -2.30. The molecule has 0 bridgehead atoms. The van der Waals surface area contributed by atoms with E-state index in [0.29, 0.717) is 17.2 Å². The van der Waals surface area contributed by atoms with E-state index < -0.39 is 11.9 Å². The first-order valence-corrected chi connectivity index (χ1v) is 6.18. The maximum absolute atomic E-state index is 11.9. The lowest BCUT2D eigenvalue weighted by molar-refractivity contribution is -0.139. The van der Waals surface area contributed by atoms with Gasteiger partial charge >= 0.3 is 5.97 Å². The summed E-state index contributed by atoms with van der Waals surface area (Å²) in [7, 11) is 4.34. The highest BCUT2D eigenvalue weighted by Gasteiger charge is 2.13. The van der Waals surface area contributed by atoms with Crippen LogP contribution >= 0.6 is 12.4 Å². The summed E-state index contributed by atoms with van der Waals surface area (Å²) in [4.78, 5) is 25.9. The summed E-state index contributed by atoms with van der Waals surface area (Å²) < 4.78 is 14.9. The fourth-order valence-corrected chi connectivity index (χ4v) is 1.90. The van der Waals surface area contributed by atoms with E-state index in [1.807, 2.05) is 0 Å². The van der Waals surface area contributed by atoms with Crippen molar-refractivity contribution >= 4 is 35.2 Å². The predicted octanol–water partition coefficient (Wildman–Crippen LogP) is 1.51. The van der Waals surface area contributed by atoms with Gasteiger partial charge in [0.2, 0.25) is 0 Å². The van der Waals surface area contributed by atoms with Crippen LogP contribution in [0.1, 0.15) is 10.5 Å². The van der Waals surface area contributed by atoms with Crippen molar-refractivity contribution in [2.24, 2.45) is 0 Å². The Balaban J connectivity index is 0.00000242. The molecule has 1 heterocycles. The molecule has 0 spiro atoms. The van der Waals surface area contributed by atoms with Crippen molar-refractivity contribution in [3.8, 4) is 11.5 Å². The molecule has 22 heavy (non-hydrogen) atoms. The summed E-state index contributed by atoms with van der Waals surface area (Å²) in [5, 5.41) is 3.26. The minimum Gasteiger partial charge on any atom is -0.493 e. The summed E-state index contributed by atoms with van der Waals surface area (Å²) >= 11 is 0. The molecule has 8 heteroatoms. The summed E-state index contributed by atoms with van der Waals surface area (Å²) in [5.74, 6) is 0.233. The quantitative estimate of drug-likeness (QED) is 0.812. The molecule has 0 unspecified atom stereocenters. The molecule has 0 aliphatic rings. The summed E-state index contributed by atoms with van der Waals surface area (Å²) in [5.41, 5.74) is 1.07. The normalized spacial score (nSPS) is 9.77. The van der Waals surface area contributed by atoms with Crippen molar-refractivity contribution in [2.45, 2.75) is 0 Å². The number of aromatic amines is 1. The average Bonchev–Trinajstić information content (AvgIpc) is 2.93. The molecule has 0 aliphatic heterocycles. The molecular weight excluding hydrogens is 312 g/mol. The number of fused-ring (bicyclic) bond motifs is 1. The van der Waals surface area contributed by atoms with Gasteiger partial charge in [0.05, 0.1) is 21.3 Å². The van der Waals surface area contributed by atoms with Crippen molar-refractivity contribution in [2.75, 3.05) is 27.9 Å². The van der Waals surface area contributed by atoms with Gasteiger partial charge in [-0.25, -0.2) is 0 Å². The van der Waals surface area contributed by atoms with E-state index in [1.165, 1.54) is 14.2 Å². The molecule has 120 valence electrons. The van der Waals surface area contributed by atoms with Gasteiger partial charge < -0.3 is 24.5 Å². The van der Waals surface area contributed by atoms with E-state index in [-0.39, 0.29) is 19.0 Å². The van der Waals surface area contributed by atoms with Gasteiger partial charge in [-0.05, 0) is 12.1 Å². The molecule has 0 saturated carbocycles. The number of hydrogen-bond acceptors (Lipinski definition) is 5. The molecule has 1 amide bonds. The molecule has 0 atom stereocenters. The fourth-order valence-electron chi connectivity index (χ4n) is 1.90. The van der Waals surface area contributed by atoms with Crippen LogP contribution in [-0.2, 0) is 9.53 Å². The van der Waals surface area contributed by atoms with E-state index in [9.17, 15) is 9.59 Å². The number of H-pyrrole nitrogens is 1. The zero-order valence-electron chi connectivity index (χ0n) is 12.4. The lowest BCUT2D eigenvalue weighted by Gasteiger charge is -2.06. The maximum atomic E-state index is 11.9. The number of halogens is 1. The third kappa shape index (κ3) is 3.62. The van der Waals surface area contributed by atoms with Crippen molar-refractivity contribution in [1.29, 1.82) is 0 Å². The van der Waals surface area contributed by atoms with Gasteiger partial charge in [-0.2, -0.15) is 0 Å². The van der Waals surface area contributed by atoms with Gasteiger partial charge in [0.15, 0.2) is 11.5 Å². The van der Waals surface area contributed by atoms with Gasteiger partial charge in [-0.1, -0.05) is 0 Å². The monoisotopic (exact) mass is 328 g/mol. The second-order valence-electron chi connectivity index (χ2n) is 4.24. The Bertz CT molecular complexity index is 642. The number of hydrogen-bond donors (Lipinski definition) is 2. The summed E-state index contributed by atoms with van der Waals surface area (Å²) in [6.07, 6.45) is 0. The molecule has 7 nitrogen and oxygen atoms in total. The van der Waals surface area contributed by atoms with Crippen molar-refractivity contribution in [1.82, 2.24) is 10.3 Å². The van der Waals surface area contributed by atoms with Crippen LogP contribution in [0.3, 0.4) is 0 Å². The minimum atomic E-state index is -0.511. The van der Waals surface area contributed by atoms with E-state index in [0.717, 1.165) is 10.9 Å². The summed E-state index contributed by atoms with van der Waals surface area (Å²) in [6, 6.07) is 5.18. The maximum Gasteiger partial charge on any atom is 0.325 e. The van der Waals surface area contributed by atoms with Crippen LogP contribution in [0.2, 0.25) is 0 Å². The number of benzene rings is 1. The molecule has 0 radical (unpaired) electrons. The highest BCUT2D eigenvalue weighted by molar-refractivity contribution is 5.99. The zero-order valence-corrected chi connectivity index (χ0v) is 13.2. The smallest absolute Gasteiger partial charge is 0.325 e. The van der Waals surface area contributed by atoms with Crippen molar-refractivity contribution < 1.29 is 23.8 Å². The number of methoxy groups -OCH3 is 3. The van der Waals surface area contributed by atoms with Crippen LogP contribution in [0.5, 0.6) is 11.5 Å². The number of carbonyl (C=O) groups excluding carboxylic acids is 2. The first kappa shape index (κ1) is 17.6. The van der Waals surface area contributed by atoms with Gasteiger partial charge in [-0.15, -0.1) is 12.4 Å². The van der Waals surface area contributed by atoms with Crippen LogP contribution in [-0.4, -0.2) is 44.7 Å². The van der Waals surface area contributed by atoms with Crippen LogP contribution in [0.25, 0.3) is 10.9 Å².